The molecule has 9 heteroatoms. The lowest BCUT2D eigenvalue weighted by molar-refractivity contribution is -0.121. The van der Waals surface area contributed by atoms with Crippen LogP contribution in [-0.2, 0) is 4.79 Å². The van der Waals surface area contributed by atoms with Crippen molar-refractivity contribution in [1.29, 1.82) is 0 Å². The van der Waals surface area contributed by atoms with Crippen molar-refractivity contribution in [2.45, 2.75) is 12.8 Å². The van der Waals surface area contributed by atoms with Crippen LogP contribution in [0.15, 0.2) is 24.3 Å². The van der Waals surface area contributed by atoms with Gasteiger partial charge in [-0.1, -0.05) is 0 Å². The molecule has 3 heterocycles. The minimum Gasteiger partial charge on any atom is -0.497 e. The number of hydrogen-bond acceptors (Lipinski definition) is 5. The Morgan fingerprint density at radius 2 is 2.11 bits per heavy atom. The molecule has 4 rings (SSSR count). The molecule has 27 heavy (non-hydrogen) atoms. The number of ether oxygens (including phenoxy) is 1. The van der Waals surface area contributed by atoms with Gasteiger partial charge >= 0.3 is 0 Å². The Morgan fingerprint density at radius 3 is 2.78 bits per heavy atom. The van der Waals surface area contributed by atoms with E-state index in [0.29, 0.717) is 23.9 Å². The van der Waals surface area contributed by atoms with Crippen molar-refractivity contribution in [3.63, 3.8) is 0 Å². The summed E-state index contributed by atoms with van der Waals surface area (Å²) in [6.45, 7) is 2.36. The average Bonchev–Trinajstić information content (AvgIpc) is 3.37. The van der Waals surface area contributed by atoms with Gasteiger partial charge in [-0.25, -0.2) is 4.98 Å². The van der Waals surface area contributed by atoms with Gasteiger partial charge in [0.15, 0.2) is 5.82 Å². The molecular weight excluding hydrogens is 348 g/mol. The first-order chi connectivity index (χ1) is 13.0. The van der Waals surface area contributed by atoms with Gasteiger partial charge in [0.05, 0.1) is 18.9 Å². The third-order valence-electron chi connectivity index (χ3n) is 4.98. The highest BCUT2D eigenvalue weighted by Gasteiger charge is 2.41. The second-order valence-corrected chi connectivity index (χ2v) is 6.74. The van der Waals surface area contributed by atoms with E-state index in [4.69, 9.17) is 10.5 Å². The smallest absolute Gasteiger partial charge is 0.270 e. The SMILES string of the molecule is COc1ccc2[nH]c(C(=O)N3CC(C(N)=O)C(c4n[nH]c(C)n4)C3)cc2c1. The average molecular weight is 368 g/mol. The first kappa shape index (κ1) is 17.1. The number of nitrogens with zero attached hydrogens (tertiary/aromatic N) is 3. The van der Waals surface area contributed by atoms with Crippen LogP contribution in [0.4, 0.5) is 0 Å². The number of carbonyl (C=O) groups is 2. The van der Waals surface area contributed by atoms with E-state index in [0.717, 1.165) is 16.7 Å². The van der Waals surface area contributed by atoms with E-state index in [9.17, 15) is 9.59 Å². The maximum Gasteiger partial charge on any atom is 0.270 e. The Bertz CT molecular complexity index is 1020. The number of likely N-dealkylation sites (tertiary alicyclic amines) is 1. The number of hydrogen-bond donors (Lipinski definition) is 3. The van der Waals surface area contributed by atoms with E-state index in [-0.39, 0.29) is 18.4 Å². The van der Waals surface area contributed by atoms with Crippen LogP contribution in [0.5, 0.6) is 5.75 Å². The fraction of sp³-hybridized carbons (Fsp3) is 0.333. The van der Waals surface area contributed by atoms with Crippen LogP contribution in [0, 0.1) is 12.8 Å². The summed E-state index contributed by atoms with van der Waals surface area (Å²) >= 11 is 0. The van der Waals surface area contributed by atoms with Gasteiger partial charge in [-0.05, 0) is 31.2 Å². The number of aryl methyl sites for hydroxylation is 1. The zero-order valence-corrected chi connectivity index (χ0v) is 15.0. The molecule has 2 atom stereocenters. The molecule has 1 fully saturated rings. The molecule has 3 aromatic rings. The number of nitrogens with one attached hydrogen (secondary N) is 2. The van der Waals surface area contributed by atoms with Crippen LogP contribution in [0.2, 0.25) is 0 Å². The van der Waals surface area contributed by atoms with Crippen molar-refractivity contribution in [3.8, 4) is 5.75 Å². The summed E-state index contributed by atoms with van der Waals surface area (Å²) < 4.78 is 5.22. The number of methoxy groups -OCH3 is 1. The number of aromatic amines is 2. The highest BCUT2D eigenvalue weighted by atomic mass is 16.5. The monoisotopic (exact) mass is 368 g/mol. The Hall–Kier alpha value is -3.36. The van der Waals surface area contributed by atoms with Crippen molar-refractivity contribution >= 4 is 22.7 Å². The maximum atomic E-state index is 13.0. The van der Waals surface area contributed by atoms with E-state index in [1.54, 1.807) is 25.0 Å². The van der Waals surface area contributed by atoms with E-state index in [2.05, 4.69) is 20.2 Å². The molecule has 2 unspecified atom stereocenters. The van der Waals surface area contributed by atoms with Gasteiger partial charge in [0, 0.05) is 24.0 Å². The van der Waals surface area contributed by atoms with Gasteiger partial charge in [0.1, 0.15) is 17.3 Å². The number of amides is 2. The standard InChI is InChI=1S/C18H20N6O3/c1-9-20-17(23-22-9)13-8-24(7-12(13)16(19)25)18(26)15-6-10-5-11(27-2)3-4-14(10)21-15/h3-6,12-13,21H,7-8H2,1-2H3,(H2,19,25)(H,20,22,23). The lowest BCUT2D eigenvalue weighted by atomic mass is 9.95. The molecule has 1 aliphatic rings. The molecule has 1 saturated heterocycles. The molecule has 0 saturated carbocycles. The predicted octanol–water partition coefficient (Wildman–Crippen LogP) is 0.944. The second kappa shape index (κ2) is 6.42. The summed E-state index contributed by atoms with van der Waals surface area (Å²) in [5.41, 5.74) is 6.85. The molecule has 2 aromatic heterocycles. The summed E-state index contributed by atoms with van der Waals surface area (Å²) in [7, 11) is 1.60. The zero-order valence-electron chi connectivity index (χ0n) is 15.0. The fourth-order valence-corrected chi connectivity index (χ4v) is 3.57. The molecular formula is C18H20N6O3. The van der Waals surface area contributed by atoms with Gasteiger partial charge in [-0.15, -0.1) is 0 Å². The van der Waals surface area contributed by atoms with Crippen molar-refractivity contribution < 1.29 is 14.3 Å². The Morgan fingerprint density at radius 1 is 1.30 bits per heavy atom. The van der Waals surface area contributed by atoms with Crippen LogP contribution in [0.3, 0.4) is 0 Å². The van der Waals surface area contributed by atoms with Crippen molar-refractivity contribution in [2.75, 3.05) is 20.2 Å². The van der Waals surface area contributed by atoms with Crippen molar-refractivity contribution in [3.05, 3.63) is 41.6 Å². The van der Waals surface area contributed by atoms with Gasteiger partial charge in [0.2, 0.25) is 5.91 Å². The molecule has 140 valence electrons. The summed E-state index contributed by atoms with van der Waals surface area (Å²) in [5.74, 6) is 0.394. The minimum atomic E-state index is -0.520. The van der Waals surface area contributed by atoms with E-state index >= 15 is 0 Å². The number of primary amides is 1. The lowest BCUT2D eigenvalue weighted by Gasteiger charge is -2.14. The second-order valence-electron chi connectivity index (χ2n) is 6.74. The molecule has 1 aliphatic heterocycles. The molecule has 0 aliphatic carbocycles. The van der Waals surface area contributed by atoms with E-state index in [1.165, 1.54) is 0 Å². The number of rotatable bonds is 4. The quantitative estimate of drug-likeness (QED) is 0.631. The highest BCUT2D eigenvalue weighted by molar-refractivity contribution is 5.99. The number of nitrogens with two attached hydrogens (primary N) is 1. The topological polar surface area (TPSA) is 130 Å². The fourth-order valence-electron chi connectivity index (χ4n) is 3.57. The predicted molar refractivity (Wildman–Crippen MR) is 97.3 cm³/mol. The molecule has 0 spiro atoms. The van der Waals surface area contributed by atoms with Crippen LogP contribution in [0.25, 0.3) is 10.9 Å². The summed E-state index contributed by atoms with van der Waals surface area (Å²) in [6.07, 6.45) is 0. The van der Waals surface area contributed by atoms with Crippen molar-refractivity contribution in [2.24, 2.45) is 11.7 Å². The van der Waals surface area contributed by atoms with E-state index in [1.807, 2.05) is 18.2 Å². The Kier molecular flexibility index (Phi) is 4.06. The number of carbonyl (C=O) groups excluding carboxylic acids is 2. The maximum absolute atomic E-state index is 13.0. The van der Waals surface area contributed by atoms with Crippen LogP contribution < -0.4 is 10.5 Å². The summed E-state index contributed by atoms with van der Waals surface area (Å²) in [4.78, 5) is 33.9. The summed E-state index contributed by atoms with van der Waals surface area (Å²) in [6, 6.07) is 7.33. The molecule has 2 amide bonds. The van der Waals surface area contributed by atoms with Gasteiger partial charge in [0.25, 0.3) is 5.91 Å². The largest absolute Gasteiger partial charge is 0.497 e. The normalized spacial score (nSPS) is 19.6. The van der Waals surface area contributed by atoms with Gasteiger partial charge < -0.3 is 20.4 Å². The third-order valence-corrected chi connectivity index (χ3v) is 4.98. The number of benzene rings is 1. The molecule has 1 aromatic carbocycles. The third kappa shape index (κ3) is 3.01. The molecule has 4 N–H and O–H groups in total. The molecule has 0 bridgehead atoms. The highest BCUT2D eigenvalue weighted by Crippen LogP contribution is 2.32. The number of H-pyrrole nitrogens is 2. The summed E-state index contributed by atoms with van der Waals surface area (Å²) in [5, 5.41) is 7.80. The van der Waals surface area contributed by atoms with Crippen LogP contribution in [0.1, 0.15) is 28.1 Å². The Balaban J connectivity index is 1.61. The van der Waals surface area contributed by atoms with Crippen LogP contribution in [-0.4, -0.2) is 57.1 Å². The van der Waals surface area contributed by atoms with Gasteiger partial charge in [-0.2, -0.15) is 5.10 Å². The zero-order chi connectivity index (χ0) is 19.1. The first-order valence-electron chi connectivity index (χ1n) is 8.60. The molecule has 0 radical (unpaired) electrons. The van der Waals surface area contributed by atoms with E-state index < -0.39 is 11.8 Å². The van der Waals surface area contributed by atoms with Gasteiger partial charge in [-0.3, -0.25) is 14.7 Å². The molecule has 9 nitrogen and oxygen atoms in total. The first-order valence-corrected chi connectivity index (χ1v) is 8.60. The van der Waals surface area contributed by atoms with Crippen molar-refractivity contribution in [1.82, 2.24) is 25.1 Å². The number of aromatic nitrogens is 4. The minimum absolute atomic E-state index is 0.189. The lowest BCUT2D eigenvalue weighted by Crippen LogP contribution is -2.32. The number of fused-ring (bicyclic) bond motifs is 1. The Labute approximate surface area is 154 Å². The van der Waals surface area contributed by atoms with Crippen LogP contribution >= 0.6 is 0 Å².